The molecule has 37 heavy (non-hydrogen) atoms. The molecule has 1 aromatic carbocycles. The lowest BCUT2D eigenvalue weighted by atomic mass is 9.77. The van der Waals surface area contributed by atoms with Gasteiger partial charge in [0.05, 0.1) is 12.6 Å². The normalized spacial score (nSPS) is 18.5. The van der Waals surface area contributed by atoms with Crippen molar-refractivity contribution in [1.82, 2.24) is 25.1 Å². The van der Waals surface area contributed by atoms with Crippen LogP contribution in [0.25, 0.3) is 33.5 Å². The Morgan fingerprint density at radius 1 is 1.14 bits per heavy atom. The van der Waals surface area contributed by atoms with Gasteiger partial charge in [0.2, 0.25) is 5.91 Å². The number of pyridine rings is 2. The van der Waals surface area contributed by atoms with Crippen molar-refractivity contribution >= 4 is 16.9 Å². The number of carbonyl (C=O) groups excluding carboxylic acids is 1. The first-order chi connectivity index (χ1) is 18.1. The first kappa shape index (κ1) is 23.6. The zero-order valence-electron chi connectivity index (χ0n) is 21.5. The highest BCUT2D eigenvalue weighted by Crippen LogP contribution is 2.40. The van der Waals surface area contributed by atoms with Crippen LogP contribution in [0.4, 0.5) is 0 Å². The van der Waals surface area contributed by atoms with Gasteiger partial charge >= 0.3 is 0 Å². The summed E-state index contributed by atoms with van der Waals surface area (Å²) in [6, 6.07) is 12.8. The molecule has 1 fully saturated rings. The van der Waals surface area contributed by atoms with Crippen LogP contribution in [0.15, 0.2) is 42.6 Å². The van der Waals surface area contributed by atoms with E-state index < -0.39 is 0 Å². The summed E-state index contributed by atoms with van der Waals surface area (Å²) in [6.07, 6.45) is 7.06. The molecular weight excluding hydrogens is 466 g/mol. The lowest BCUT2D eigenvalue weighted by molar-refractivity contribution is -0.137. The Bertz CT molecular complexity index is 1460. The van der Waals surface area contributed by atoms with Crippen LogP contribution in [0.1, 0.15) is 42.0 Å². The Morgan fingerprint density at radius 3 is 2.76 bits per heavy atom. The monoisotopic (exact) mass is 497 g/mol. The van der Waals surface area contributed by atoms with Gasteiger partial charge in [-0.1, -0.05) is 18.2 Å². The van der Waals surface area contributed by atoms with Crippen LogP contribution in [0.5, 0.6) is 5.75 Å². The maximum absolute atomic E-state index is 12.1. The fraction of sp³-hybridized carbons (Fsp3) is 0.379. The van der Waals surface area contributed by atoms with Crippen molar-refractivity contribution in [3.63, 3.8) is 0 Å². The Hall–Kier alpha value is -3.78. The van der Waals surface area contributed by atoms with Gasteiger partial charge < -0.3 is 14.4 Å². The number of likely N-dealkylation sites (N-methyl/N-ethyl adjacent to an activating group) is 1. The smallest absolute Gasteiger partial charge is 0.248 e. The van der Waals surface area contributed by atoms with E-state index in [2.05, 4.69) is 40.5 Å². The minimum atomic E-state index is 0.0172. The summed E-state index contributed by atoms with van der Waals surface area (Å²) < 4.78 is 10.7. The molecule has 3 heterocycles. The highest BCUT2D eigenvalue weighted by Gasteiger charge is 2.35. The molecular formula is C29H31N5O3. The van der Waals surface area contributed by atoms with Gasteiger partial charge in [0.25, 0.3) is 0 Å². The van der Waals surface area contributed by atoms with Crippen molar-refractivity contribution in [2.24, 2.45) is 0 Å². The van der Waals surface area contributed by atoms with Gasteiger partial charge in [0.15, 0.2) is 0 Å². The lowest BCUT2D eigenvalue weighted by Crippen LogP contribution is -2.46. The van der Waals surface area contributed by atoms with Gasteiger partial charge in [-0.25, -0.2) is 4.98 Å². The van der Waals surface area contributed by atoms with Gasteiger partial charge in [-0.2, -0.15) is 5.10 Å². The molecule has 8 heteroatoms. The van der Waals surface area contributed by atoms with Crippen LogP contribution in [0.2, 0.25) is 0 Å². The number of methoxy groups -OCH3 is 2. The van der Waals surface area contributed by atoms with Crippen LogP contribution in [-0.4, -0.2) is 64.9 Å². The Morgan fingerprint density at radius 2 is 2.00 bits per heavy atom. The number of fused-ring (bicyclic) bond motifs is 2. The molecule has 4 aromatic rings. The number of aromatic amines is 1. The number of hydrogen-bond donors (Lipinski definition) is 1. The van der Waals surface area contributed by atoms with Gasteiger partial charge in [0.1, 0.15) is 29.3 Å². The summed E-state index contributed by atoms with van der Waals surface area (Å²) in [7, 11) is 5.08. The summed E-state index contributed by atoms with van der Waals surface area (Å²) in [5.41, 5.74) is 9.15. The molecule has 3 aromatic heterocycles. The quantitative estimate of drug-likeness (QED) is 0.403. The minimum Gasteiger partial charge on any atom is -0.494 e. The molecule has 190 valence electrons. The predicted octanol–water partition coefficient (Wildman–Crippen LogP) is 4.54. The van der Waals surface area contributed by atoms with E-state index in [0.717, 1.165) is 70.7 Å². The second-order valence-electron chi connectivity index (χ2n) is 10.0. The predicted molar refractivity (Wildman–Crippen MR) is 142 cm³/mol. The number of nitrogens with zero attached hydrogens (tertiary/aromatic N) is 4. The molecule has 0 unspecified atom stereocenters. The van der Waals surface area contributed by atoms with E-state index >= 15 is 0 Å². The van der Waals surface area contributed by atoms with Gasteiger partial charge in [-0.05, 0) is 55.4 Å². The average Bonchev–Trinajstić information content (AvgIpc) is 3.54. The van der Waals surface area contributed by atoms with Crippen LogP contribution in [0, 0.1) is 0 Å². The molecule has 0 atom stereocenters. The van der Waals surface area contributed by atoms with Crippen LogP contribution >= 0.6 is 0 Å². The van der Waals surface area contributed by atoms with E-state index in [1.54, 1.807) is 19.1 Å². The number of ether oxygens (including phenoxy) is 2. The number of benzene rings is 1. The highest BCUT2D eigenvalue weighted by molar-refractivity contribution is 5.93. The fourth-order valence-corrected chi connectivity index (χ4v) is 5.68. The molecule has 8 nitrogen and oxygen atoms in total. The van der Waals surface area contributed by atoms with E-state index in [9.17, 15) is 4.79 Å². The summed E-state index contributed by atoms with van der Waals surface area (Å²) in [4.78, 5) is 23.7. The number of carbonyl (C=O) groups is 1. The number of H-pyrrole nitrogens is 1. The number of amides is 1. The first-order valence-corrected chi connectivity index (χ1v) is 12.8. The molecule has 1 amide bonds. The van der Waals surface area contributed by atoms with E-state index in [1.807, 2.05) is 19.3 Å². The van der Waals surface area contributed by atoms with E-state index in [1.165, 1.54) is 17.5 Å². The third-order valence-corrected chi connectivity index (χ3v) is 7.92. The number of rotatable bonds is 7. The molecule has 0 bridgehead atoms. The van der Waals surface area contributed by atoms with Crippen LogP contribution < -0.4 is 4.74 Å². The maximum atomic E-state index is 12.1. The number of nitrogens with one attached hydrogen (secondary N) is 1. The minimum absolute atomic E-state index is 0.0172. The Kier molecular flexibility index (Phi) is 6.12. The molecule has 1 saturated carbocycles. The van der Waals surface area contributed by atoms with Crippen molar-refractivity contribution in [2.45, 2.75) is 44.1 Å². The molecule has 0 saturated heterocycles. The second kappa shape index (κ2) is 9.59. The molecule has 0 spiro atoms. The second-order valence-corrected chi connectivity index (χ2v) is 10.0. The van der Waals surface area contributed by atoms with Gasteiger partial charge in [-0.15, -0.1) is 0 Å². The van der Waals surface area contributed by atoms with Crippen molar-refractivity contribution in [3.8, 4) is 28.3 Å². The molecule has 0 aliphatic heterocycles. The van der Waals surface area contributed by atoms with Crippen molar-refractivity contribution in [3.05, 3.63) is 59.4 Å². The third-order valence-electron chi connectivity index (χ3n) is 7.92. The summed E-state index contributed by atoms with van der Waals surface area (Å²) in [5, 5.41) is 7.71. The zero-order chi connectivity index (χ0) is 25.5. The first-order valence-electron chi connectivity index (χ1n) is 12.8. The Balaban J connectivity index is 1.27. The molecule has 1 N–H and O–H groups in total. The average molecular weight is 498 g/mol. The van der Waals surface area contributed by atoms with Crippen LogP contribution in [-0.2, 0) is 22.4 Å². The molecule has 2 aliphatic carbocycles. The van der Waals surface area contributed by atoms with Crippen LogP contribution in [0.3, 0.4) is 0 Å². The fourth-order valence-electron chi connectivity index (χ4n) is 5.68. The largest absolute Gasteiger partial charge is 0.494 e. The molecule has 0 radical (unpaired) electrons. The Labute approximate surface area is 216 Å². The molecule has 2 aliphatic rings. The van der Waals surface area contributed by atoms with E-state index in [4.69, 9.17) is 19.4 Å². The zero-order valence-corrected chi connectivity index (χ0v) is 21.5. The van der Waals surface area contributed by atoms with E-state index in [0.29, 0.717) is 5.92 Å². The summed E-state index contributed by atoms with van der Waals surface area (Å²) >= 11 is 0. The molecule has 6 rings (SSSR count). The van der Waals surface area contributed by atoms with Crippen molar-refractivity contribution < 1.29 is 14.3 Å². The maximum Gasteiger partial charge on any atom is 0.248 e. The number of hydrogen-bond acceptors (Lipinski definition) is 6. The SMILES string of the molecule is COCC(=O)N(C)C1CC(c2ccc(-c3n[nH]c4cc(OC)c(-c5cccc6c5CCC6)nc34)cn2)C1. The third kappa shape index (κ3) is 4.15. The summed E-state index contributed by atoms with van der Waals surface area (Å²) in [6.45, 7) is 0.122. The topological polar surface area (TPSA) is 93.2 Å². The summed E-state index contributed by atoms with van der Waals surface area (Å²) in [5.74, 6) is 1.11. The van der Waals surface area contributed by atoms with Crippen molar-refractivity contribution in [1.29, 1.82) is 0 Å². The highest BCUT2D eigenvalue weighted by atomic mass is 16.5. The van der Waals surface area contributed by atoms with Gasteiger partial charge in [-0.3, -0.25) is 14.9 Å². The standard InChI is InChI=1S/C29H31N5O3/c1-34(26(35)16-36-2)20-12-19(13-20)23-11-10-18(15-30-23)27-29-24(32-33-27)14-25(37-3)28(31-29)22-9-5-7-17-6-4-8-21(17)22/h5,7,9-11,14-15,19-20H,4,6,8,12-13,16H2,1-3H3,(H,32,33). The van der Waals surface area contributed by atoms with E-state index in [-0.39, 0.29) is 18.6 Å². The van der Waals surface area contributed by atoms with Gasteiger partial charge in [0, 0.05) is 55.2 Å². The van der Waals surface area contributed by atoms with Crippen molar-refractivity contribution in [2.75, 3.05) is 27.9 Å². The number of aromatic nitrogens is 4. The number of aryl methyl sites for hydroxylation is 1. The lowest BCUT2D eigenvalue weighted by Gasteiger charge is -2.40.